The van der Waals surface area contributed by atoms with Crippen molar-refractivity contribution in [3.8, 4) is 0 Å². The van der Waals surface area contributed by atoms with Crippen molar-refractivity contribution in [2.45, 2.75) is 32.3 Å². The molecule has 1 aliphatic heterocycles. The topological polar surface area (TPSA) is 80.9 Å². The fraction of sp³-hybridized carbons (Fsp3) is 0.583. The highest BCUT2D eigenvalue weighted by atomic mass is 16.7. The highest BCUT2D eigenvalue weighted by molar-refractivity contribution is 5.84. The lowest BCUT2D eigenvalue weighted by atomic mass is 10.3. The van der Waals surface area contributed by atoms with E-state index in [4.69, 9.17) is 19.0 Å². The second-order valence-electron chi connectivity index (χ2n) is 4.65. The molecule has 0 aliphatic carbocycles. The Morgan fingerprint density at radius 1 is 1.56 bits per heavy atom. The summed E-state index contributed by atoms with van der Waals surface area (Å²) >= 11 is 0. The van der Waals surface area contributed by atoms with Crippen LogP contribution < -0.4 is 5.32 Å². The molecule has 18 heavy (non-hydrogen) atoms. The smallest absolute Gasteiger partial charge is 0.371 e. The first-order valence-electron chi connectivity index (χ1n) is 5.81. The molecule has 2 heterocycles. The van der Waals surface area contributed by atoms with E-state index in [0.29, 0.717) is 25.5 Å². The van der Waals surface area contributed by atoms with Crippen molar-refractivity contribution in [2.24, 2.45) is 0 Å². The molecule has 1 unspecified atom stereocenters. The van der Waals surface area contributed by atoms with Gasteiger partial charge in [-0.2, -0.15) is 0 Å². The molecule has 1 saturated heterocycles. The van der Waals surface area contributed by atoms with Gasteiger partial charge in [0.15, 0.2) is 5.79 Å². The lowest BCUT2D eigenvalue weighted by Crippen LogP contribution is -2.30. The van der Waals surface area contributed by atoms with Gasteiger partial charge in [-0.1, -0.05) is 0 Å². The zero-order valence-corrected chi connectivity index (χ0v) is 10.4. The van der Waals surface area contributed by atoms with E-state index in [-0.39, 0.29) is 11.9 Å². The van der Waals surface area contributed by atoms with Gasteiger partial charge in [0.1, 0.15) is 5.76 Å². The summed E-state index contributed by atoms with van der Waals surface area (Å²) in [6.45, 7) is 5.40. The van der Waals surface area contributed by atoms with Gasteiger partial charge in [0.05, 0.1) is 19.3 Å². The SMILES string of the molecule is CC1(C)OCC(CNCc2ccc(C(=O)O)o2)O1. The van der Waals surface area contributed by atoms with Gasteiger partial charge in [-0.25, -0.2) is 4.79 Å². The number of nitrogens with one attached hydrogen (secondary N) is 1. The van der Waals surface area contributed by atoms with E-state index in [1.807, 2.05) is 13.8 Å². The lowest BCUT2D eigenvalue weighted by molar-refractivity contribution is -0.137. The van der Waals surface area contributed by atoms with Crippen LogP contribution in [0.1, 0.15) is 30.2 Å². The fourth-order valence-electron chi connectivity index (χ4n) is 1.81. The molecule has 0 amide bonds. The fourth-order valence-corrected chi connectivity index (χ4v) is 1.81. The molecule has 0 saturated carbocycles. The van der Waals surface area contributed by atoms with Crippen LogP contribution in [0.15, 0.2) is 16.5 Å². The summed E-state index contributed by atoms with van der Waals surface area (Å²) < 4.78 is 16.2. The Balaban J connectivity index is 1.74. The average Bonchev–Trinajstić information content (AvgIpc) is 2.86. The second-order valence-corrected chi connectivity index (χ2v) is 4.65. The molecule has 1 aromatic heterocycles. The minimum atomic E-state index is -1.06. The maximum Gasteiger partial charge on any atom is 0.371 e. The van der Waals surface area contributed by atoms with Gasteiger partial charge in [0.2, 0.25) is 5.76 Å². The summed E-state index contributed by atoms with van der Waals surface area (Å²) in [5, 5.41) is 11.8. The van der Waals surface area contributed by atoms with Gasteiger partial charge in [-0.15, -0.1) is 0 Å². The van der Waals surface area contributed by atoms with Crippen LogP contribution in [0.5, 0.6) is 0 Å². The summed E-state index contributed by atoms with van der Waals surface area (Å²) in [4.78, 5) is 10.6. The van der Waals surface area contributed by atoms with E-state index in [1.165, 1.54) is 6.07 Å². The predicted octanol–water partition coefficient (Wildman–Crippen LogP) is 1.22. The van der Waals surface area contributed by atoms with Gasteiger partial charge in [0.25, 0.3) is 0 Å². The number of rotatable bonds is 5. The largest absolute Gasteiger partial charge is 0.475 e. The first kappa shape index (κ1) is 13.1. The maximum absolute atomic E-state index is 10.6. The van der Waals surface area contributed by atoms with Crippen LogP contribution >= 0.6 is 0 Å². The van der Waals surface area contributed by atoms with E-state index in [2.05, 4.69) is 5.32 Å². The van der Waals surface area contributed by atoms with E-state index in [1.54, 1.807) is 6.07 Å². The molecule has 1 aromatic rings. The van der Waals surface area contributed by atoms with Crippen LogP contribution in [0.3, 0.4) is 0 Å². The zero-order chi connectivity index (χ0) is 13.2. The second kappa shape index (κ2) is 5.09. The molecule has 2 rings (SSSR count). The summed E-state index contributed by atoms with van der Waals surface area (Å²) in [7, 11) is 0. The minimum absolute atomic E-state index is 0.00825. The Morgan fingerprint density at radius 2 is 2.33 bits per heavy atom. The highest BCUT2D eigenvalue weighted by Gasteiger charge is 2.32. The van der Waals surface area contributed by atoms with Crippen molar-refractivity contribution in [2.75, 3.05) is 13.2 Å². The van der Waals surface area contributed by atoms with Crippen LogP contribution in [-0.4, -0.2) is 36.1 Å². The number of carbonyl (C=O) groups is 1. The summed E-state index contributed by atoms with van der Waals surface area (Å²) in [5.41, 5.74) is 0. The third kappa shape index (κ3) is 3.32. The Hall–Kier alpha value is -1.37. The van der Waals surface area contributed by atoms with E-state index < -0.39 is 11.8 Å². The Labute approximate surface area is 105 Å². The number of ether oxygens (including phenoxy) is 2. The highest BCUT2D eigenvalue weighted by Crippen LogP contribution is 2.21. The Morgan fingerprint density at radius 3 is 2.89 bits per heavy atom. The summed E-state index contributed by atoms with van der Waals surface area (Å²) in [5.74, 6) is -1.04. The molecule has 0 aromatic carbocycles. The van der Waals surface area contributed by atoms with Crippen molar-refractivity contribution >= 4 is 5.97 Å². The molecular formula is C12H17NO5. The van der Waals surface area contributed by atoms with Gasteiger partial charge >= 0.3 is 5.97 Å². The van der Waals surface area contributed by atoms with Crippen LogP contribution in [-0.2, 0) is 16.0 Å². The van der Waals surface area contributed by atoms with Crippen molar-refractivity contribution in [1.29, 1.82) is 0 Å². The number of aromatic carboxylic acids is 1. The van der Waals surface area contributed by atoms with Crippen LogP contribution in [0.4, 0.5) is 0 Å². The quantitative estimate of drug-likeness (QED) is 0.823. The minimum Gasteiger partial charge on any atom is -0.475 e. The average molecular weight is 255 g/mol. The van der Waals surface area contributed by atoms with Crippen molar-refractivity contribution in [3.63, 3.8) is 0 Å². The number of carboxylic acid groups (broad SMARTS) is 1. The normalized spacial score (nSPS) is 22.2. The number of carboxylic acids is 1. The molecule has 6 nitrogen and oxygen atoms in total. The molecule has 0 spiro atoms. The number of hydrogen-bond acceptors (Lipinski definition) is 5. The monoisotopic (exact) mass is 255 g/mol. The molecular weight excluding hydrogens is 238 g/mol. The first-order valence-corrected chi connectivity index (χ1v) is 5.81. The lowest BCUT2D eigenvalue weighted by Gasteiger charge is -2.17. The van der Waals surface area contributed by atoms with Gasteiger partial charge in [-0.05, 0) is 26.0 Å². The number of furan rings is 1. The standard InChI is InChI=1S/C12H17NO5/c1-12(2)16-7-9(18-12)6-13-5-8-3-4-10(17-8)11(14)15/h3-4,9,13H,5-7H2,1-2H3,(H,14,15). The molecule has 0 bridgehead atoms. The predicted molar refractivity (Wildman–Crippen MR) is 62.3 cm³/mol. The summed E-state index contributed by atoms with van der Waals surface area (Å²) in [6.07, 6.45) is 0.00825. The molecule has 1 aliphatic rings. The van der Waals surface area contributed by atoms with Crippen LogP contribution in [0, 0.1) is 0 Å². The van der Waals surface area contributed by atoms with Gasteiger partial charge < -0.3 is 24.3 Å². The van der Waals surface area contributed by atoms with E-state index in [0.717, 1.165) is 0 Å². The third-order valence-electron chi connectivity index (χ3n) is 2.61. The molecule has 1 atom stereocenters. The van der Waals surface area contributed by atoms with E-state index in [9.17, 15) is 4.79 Å². The Bertz CT molecular complexity index is 426. The third-order valence-corrected chi connectivity index (χ3v) is 2.61. The van der Waals surface area contributed by atoms with Crippen molar-refractivity contribution in [1.82, 2.24) is 5.32 Å². The number of hydrogen-bond donors (Lipinski definition) is 2. The zero-order valence-electron chi connectivity index (χ0n) is 10.4. The first-order chi connectivity index (χ1) is 8.46. The molecule has 2 N–H and O–H groups in total. The molecule has 100 valence electrons. The van der Waals surface area contributed by atoms with Gasteiger partial charge in [-0.3, -0.25) is 0 Å². The molecule has 1 fully saturated rings. The van der Waals surface area contributed by atoms with Crippen LogP contribution in [0.2, 0.25) is 0 Å². The van der Waals surface area contributed by atoms with Crippen LogP contribution in [0.25, 0.3) is 0 Å². The van der Waals surface area contributed by atoms with Gasteiger partial charge in [0, 0.05) is 6.54 Å². The van der Waals surface area contributed by atoms with E-state index >= 15 is 0 Å². The molecule has 6 heteroatoms. The molecule has 0 radical (unpaired) electrons. The maximum atomic E-state index is 10.6. The van der Waals surface area contributed by atoms with Crippen molar-refractivity contribution < 1.29 is 23.8 Å². The van der Waals surface area contributed by atoms with Crippen molar-refractivity contribution in [3.05, 3.63) is 23.7 Å². The Kier molecular flexibility index (Phi) is 3.70. The summed E-state index contributed by atoms with van der Waals surface area (Å²) in [6, 6.07) is 3.09.